The first-order valence-electron chi connectivity index (χ1n) is 6.98. The molecule has 0 saturated heterocycles. The fraction of sp³-hybridized carbons (Fsp3) is 0. The molecule has 0 fully saturated rings. The molecule has 3 heteroatoms. The van der Waals surface area contributed by atoms with E-state index in [1.807, 2.05) is 30.3 Å². The van der Waals surface area contributed by atoms with Crippen molar-refractivity contribution in [3.63, 3.8) is 0 Å². The Hall–Kier alpha value is -2.91. The number of nitrogens with one attached hydrogen (secondary N) is 1. The topological polar surface area (TPSA) is 49.3 Å². The van der Waals surface area contributed by atoms with E-state index in [-0.39, 0.29) is 0 Å². The van der Waals surface area contributed by atoms with Crippen LogP contribution in [0.1, 0.15) is 10.4 Å². The van der Waals surface area contributed by atoms with Crippen molar-refractivity contribution in [2.75, 3.05) is 0 Å². The molecule has 0 bridgehead atoms. The van der Waals surface area contributed by atoms with Gasteiger partial charge in [-0.25, -0.2) is 5.48 Å². The lowest BCUT2D eigenvalue weighted by Crippen LogP contribution is -2.18. The molecule has 108 valence electrons. The van der Waals surface area contributed by atoms with Gasteiger partial charge in [-0.2, -0.15) is 0 Å². The third kappa shape index (κ3) is 2.90. The number of carbonyl (C=O) groups is 1. The highest BCUT2D eigenvalue weighted by Gasteiger charge is 2.04. The van der Waals surface area contributed by atoms with Gasteiger partial charge in [0.05, 0.1) is 0 Å². The van der Waals surface area contributed by atoms with Crippen molar-refractivity contribution in [3.8, 4) is 22.3 Å². The third-order valence-corrected chi connectivity index (χ3v) is 3.57. The highest BCUT2D eigenvalue weighted by molar-refractivity contribution is 5.93. The van der Waals surface area contributed by atoms with E-state index in [1.54, 1.807) is 17.6 Å². The highest BCUT2D eigenvalue weighted by atomic mass is 16.5. The Bertz CT molecular complexity index is 763. The minimum absolute atomic E-state index is 0.423. The maximum Gasteiger partial charge on any atom is 0.274 e. The second kappa shape index (κ2) is 6.24. The van der Waals surface area contributed by atoms with Crippen LogP contribution in [0, 0.1) is 0 Å². The lowest BCUT2D eigenvalue weighted by molar-refractivity contribution is 0.0706. The minimum atomic E-state index is -0.508. The van der Waals surface area contributed by atoms with Gasteiger partial charge < -0.3 is 0 Å². The average molecular weight is 289 g/mol. The van der Waals surface area contributed by atoms with Crippen LogP contribution in [0.4, 0.5) is 0 Å². The van der Waals surface area contributed by atoms with Gasteiger partial charge in [-0.05, 0) is 34.4 Å². The summed E-state index contributed by atoms with van der Waals surface area (Å²) in [6, 6.07) is 25.6. The maximum absolute atomic E-state index is 11.3. The van der Waals surface area contributed by atoms with E-state index in [4.69, 9.17) is 5.21 Å². The van der Waals surface area contributed by atoms with Gasteiger partial charge in [0.2, 0.25) is 0 Å². The molecule has 2 N–H and O–H groups in total. The van der Waals surface area contributed by atoms with Crippen molar-refractivity contribution in [1.82, 2.24) is 5.48 Å². The van der Waals surface area contributed by atoms with Gasteiger partial charge in [0.25, 0.3) is 5.91 Å². The van der Waals surface area contributed by atoms with Crippen molar-refractivity contribution < 1.29 is 10.0 Å². The maximum atomic E-state index is 11.3. The Balaban J connectivity index is 1.85. The standard InChI is InChI=1S/C19H15NO2/c21-19(20-22)18-12-10-17(11-13-18)16-8-6-15(7-9-16)14-4-2-1-3-5-14/h1-13,22H,(H,20,21). The van der Waals surface area contributed by atoms with Gasteiger partial charge in [0, 0.05) is 5.56 Å². The summed E-state index contributed by atoms with van der Waals surface area (Å²) in [6.07, 6.45) is 0. The summed E-state index contributed by atoms with van der Waals surface area (Å²) in [7, 11) is 0. The molecule has 3 aromatic carbocycles. The van der Waals surface area contributed by atoms with Crippen molar-refractivity contribution in [2.45, 2.75) is 0 Å². The normalized spacial score (nSPS) is 10.2. The van der Waals surface area contributed by atoms with Crippen LogP contribution in [0.5, 0.6) is 0 Å². The van der Waals surface area contributed by atoms with Gasteiger partial charge in [-0.3, -0.25) is 10.0 Å². The van der Waals surface area contributed by atoms with Crippen LogP contribution in [0.3, 0.4) is 0 Å². The Morgan fingerprint density at radius 1 is 0.636 bits per heavy atom. The van der Waals surface area contributed by atoms with E-state index in [2.05, 4.69) is 36.4 Å². The van der Waals surface area contributed by atoms with Gasteiger partial charge in [0.1, 0.15) is 0 Å². The molecule has 0 aromatic heterocycles. The highest BCUT2D eigenvalue weighted by Crippen LogP contribution is 2.25. The van der Waals surface area contributed by atoms with E-state index in [0.29, 0.717) is 5.56 Å². The van der Waals surface area contributed by atoms with Crippen LogP contribution in [0.25, 0.3) is 22.3 Å². The zero-order chi connectivity index (χ0) is 15.4. The molecule has 3 rings (SSSR count). The van der Waals surface area contributed by atoms with E-state index in [9.17, 15) is 4.79 Å². The van der Waals surface area contributed by atoms with Crippen LogP contribution in [-0.4, -0.2) is 11.1 Å². The molecule has 0 unspecified atom stereocenters. The Kier molecular flexibility index (Phi) is 3.99. The number of benzene rings is 3. The number of rotatable bonds is 3. The molecule has 0 saturated carbocycles. The fourth-order valence-corrected chi connectivity index (χ4v) is 2.36. The number of hydrogen-bond acceptors (Lipinski definition) is 2. The first-order chi connectivity index (χ1) is 10.8. The van der Waals surface area contributed by atoms with Crippen LogP contribution in [0.15, 0.2) is 78.9 Å². The Labute approximate surface area is 128 Å². The second-order valence-corrected chi connectivity index (χ2v) is 4.96. The smallest absolute Gasteiger partial charge is 0.274 e. The van der Waals surface area contributed by atoms with Crippen LogP contribution >= 0.6 is 0 Å². The Morgan fingerprint density at radius 3 is 1.50 bits per heavy atom. The summed E-state index contributed by atoms with van der Waals surface area (Å²) in [5.41, 5.74) is 6.50. The summed E-state index contributed by atoms with van der Waals surface area (Å²) in [5.74, 6) is -0.508. The van der Waals surface area contributed by atoms with Gasteiger partial charge in [0.15, 0.2) is 0 Å². The molecule has 0 heterocycles. The Morgan fingerprint density at radius 2 is 1.05 bits per heavy atom. The van der Waals surface area contributed by atoms with Gasteiger partial charge >= 0.3 is 0 Å². The summed E-state index contributed by atoms with van der Waals surface area (Å²) >= 11 is 0. The molecular weight excluding hydrogens is 274 g/mol. The molecule has 0 aliphatic heterocycles. The molecule has 1 amide bonds. The van der Waals surface area contributed by atoms with E-state index >= 15 is 0 Å². The lowest BCUT2D eigenvalue weighted by atomic mass is 9.99. The summed E-state index contributed by atoms with van der Waals surface area (Å²) in [6.45, 7) is 0. The van der Waals surface area contributed by atoms with E-state index in [1.165, 1.54) is 11.1 Å². The van der Waals surface area contributed by atoms with E-state index < -0.39 is 5.91 Å². The summed E-state index contributed by atoms with van der Waals surface area (Å²) in [4.78, 5) is 11.3. The molecule has 0 aliphatic rings. The second-order valence-electron chi connectivity index (χ2n) is 4.96. The number of carbonyl (C=O) groups excluding carboxylic acids is 1. The van der Waals surface area contributed by atoms with Crippen LogP contribution < -0.4 is 5.48 Å². The van der Waals surface area contributed by atoms with Crippen molar-refractivity contribution in [3.05, 3.63) is 84.4 Å². The van der Waals surface area contributed by atoms with Gasteiger partial charge in [-0.15, -0.1) is 0 Å². The number of amides is 1. The molecule has 0 spiro atoms. The summed E-state index contributed by atoms with van der Waals surface area (Å²) < 4.78 is 0. The predicted molar refractivity (Wildman–Crippen MR) is 86.6 cm³/mol. The third-order valence-electron chi connectivity index (χ3n) is 3.57. The van der Waals surface area contributed by atoms with Crippen LogP contribution in [0.2, 0.25) is 0 Å². The quantitative estimate of drug-likeness (QED) is 0.562. The zero-order valence-corrected chi connectivity index (χ0v) is 11.9. The molecule has 0 atom stereocenters. The van der Waals surface area contributed by atoms with E-state index in [0.717, 1.165) is 11.1 Å². The van der Waals surface area contributed by atoms with Crippen LogP contribution in [-0.2, 0) is 0 Å². The lowest BCUT2D eigenvalue weighted by Gasteiger charge is -2.06. The number of hydroxylamine groups is 1. The monoisotopic (exact) mass is 289 g/mol. The zero-order valence-electron chi connectivity index (χ0n) is 11.9. The predicted octanol–water partition coefficient (Wildman–Crippen LogP) is 4.14. The van der Waals surface area contributed by atoms with Crippen molar-refractivity contribution in [2.24, 2.45) is 0 Å². The largest absolute Gasteiger partial charge is 0.288 e. The van der Waals surface area contributed by atoms with Gasteiger partial charge in [-0.1, -0.05) is 66.7 Å². The molecule has 3 aromatic rings. The van der Waals surface area contributed by atoms with Crippen molar-refractivity contribution in [1.29, 1.82) is 0 Å². The summed E-state index contributed by atoms with van der Waals surface area (Å²) in [5, 5.41) is 8.61. The number of hydrogen-bond donors (Lipinski definition) is 2. The minimum Gasteiger partial charge on any atom is -0.288 e. The first kappa shape index (κ1) is 14.0. The molecule has 3 nitrogen and oxygen atoms in total. The molecular formula is C19H15NO2. The molecule has 0 radical (unpaired) electrons. The molecule has 22 heavy (non-hydrogen) atoms. The SMILES string of the molecule is O=C(NO)c1ccc(-c2ccc(-c3ccccc3)cc2)cc1. The average Bonchev–Trinajstić information content (AvgIpc) is 2.62. The van der Waals surface area contributed by atoms with Crippen molar-refractivity contribution >= 4 is 5.91 Å². The fourth-order valence-electron chi connectivity index (χ4n) is 2.36. The first-order valence-corrected chi connectivity index (χ1v) is 6.98. The molecule has 0 aliphatic carbocycles.